The smallest absolute Gasteiger partial charge is 0.161 e. The average Bonchev–Trinajstić information content (AvgIpc) is 2.47. The van der Waals surface area contributed by atoms with Crippen LogP contribution < -0.4 is 9.47 Å². The number of halogens is 1. The molecule has 0 unspecified atom stereocenters. The van der Waals surface area contributed by atoms with Crippen molar-refractivity contribution in [2.75, 3.05) is 6.61 Å². The summed E-state index contributed by atoms with van der Waals surface area (Å²) in [7, 11) is 0. The van der Waals surface area contributed by atoms with Gasteiger partial charge in [-0.05, 0) is 43.7 Å². The van der Waals surface area contributed by atoms with Crippen LogP contribution in [0.5, 0.6) is 11.5 Å². The van der Waals surface area contributed by atoms with Crippen molar-refractivity contribution in [3.63, 3.8) is 0 Å². The van der Waals surface area contributed by atoms with Crippen molar-refractivity contribution in [1.82, 2.24) is 0 Å². The van der Waals surface area contributed by atoms with Crippen molar-refractivity contribution < 1.29 is 14.3 Å². The van der Waals surface area contributed by atoms with E-state index in [1.807, 2.05) is 32.0 Å². The number of rotatable bonds is 6. The van der Waals surface area contributed by atoms with Gasteiger partial charge in [0.25, 0.3) is 0 Å². The van der Waals surface area contributed by atoms with Gasteiger partial charge < -0.3 is 9.47 Å². The van der Waals surface area contributed by atoms with Gasteiger partial charge in [-0.3, -0.25) is 4.79 Å². The van der Waals surface area contributed by atoms with Crippen molar-refractivity contribution in [2.45, 2.75) is 20.5 Å². The summed E-state index contributed by atoms with van der Waals surface area (Å²) in [4.78, 5) is 10.8. The first kappa shape index (κ1) is 15.4. The molecule has 0 aromatic heterocycles. The first-order valence-electron chi connectivity index (χ1n) is 6.74. The second-order valence-corrected chi connectivity index (χ2v) is 5.05. The Balaban J connectivity index is 2.17. The fourth-order valence-electron chi connectivity index (χ4n) is 1.91. The van der Waals surface area contributed by atoms with Gasteiger partial charge in [-0.25, -0.2) is 0 Å². The van der Waals surface area contributed by atoms with E-state index in [0.717, 1.165) is 17.4 Å². The number of aryl methyl sites for hydroxylation is 1. The summed E-state index contributed by atoms with van der Waals surface area (Å²) >= 11 is 6.19. The van der Waals surface area contributed by atoms with E-state index in [0.29, 0.717) is 35.3 Å². The zero-order chi connectivity index (χ0) is 15.2. The van der Waals surface area contributed by atoms with Crippen molar-refractivity contribution in [3.05, 3.63) is 58.1 Å². The average molecular weight is 305 g/mol. The first-order valence-corrected chi connectivity index (χ1v) is 7.11. The molecule has 0 N–H and O–H groups in total. The normalized spacial score (nSPS) is 10.2. The first-order chi connectivity index (χ1) is 10.1. The highest BCUT2D eigenvalue weighted by Gasteiger charge is 2.08. The Kier molecular flexibility index (Phi) is 5.23. The lowest BCUT2D eigenvalue weighted by atomic mass is 10.1. The van der Waals surface area contributed by atoms with E-state index < -0.39 is 0 Å². The van der Waals surface area contributed by atoms with Gasteiger partial charge in [-0.1, -0.05) is 23.7 Å². The number of hydrogen-bond donors (Lipinski definition) is 0. The van der Waals surface area contributed by atoms with Crippen molar-refractivity contribution in [1.29, 1.82) is 0 Å². The van der Waals surface area contributed by atoms with Crippen LogP contribution in [0.2, 0.25) is 5.02 Å². The predicted molar refractivity (Wildman–Crippen MR) is 83.5 cm³/mol. The third-order valence-electron chi connectivity index (χ3n) is 3.00. The second kappa shape index (κ2) is 7.14. The van der Waals surface area contributed by atoms with Crippen LogP contribution in [-0.2, 0) is 6.61 Å². The number of ether oxygens (including phenoxy) is 2. The minimum atomic E-state index is 0.347. The molecule has 0 saturated heterocycles. The minimum absolute atomic E-state index is 0.347. The van der Waals surface area contributed by atoms with Crippen molar-refractivity contribution >= 4 is 17.9 Å². The summed E-state index contributed by atoms with van der Waals surface area (Å²) in [5.41, 5.74) is 2.57. The lowest BCUT2D eigenvalue weighted by Crippen LogP contribution is -2.01. The van der Waals surface area contributed by atoms with Crippen LogP contribution in [0, 0.1) is 6.92 Å². The molecule has 110 valence electrons. The van der Waals surface area contributed by atoms with Gasteiger partial charge in [0.1, 0.15) is 12.9 Å². The van der Waals surface area contributed by atoms with Gasteiger partial charge in [-0.15, -0.1) is 0 Å². The van der Waals surface area contributed by atoms with Crippen LogP contribution in [0.25, 0.3) is 0 Å². The Morgan fingerprint density at radius 1 is 1.10 bits per heavy atom. The number of aldehydes is 1. The molecule has 4 heteroatoms. The number of carbonyl (C=O) groups excluding carboxylic acids is 1. The molecule has 0 saturated carbocycles. The van der Waals surface area contributed by atoms with E-state index in [9.17, 15) is 4.79 Å². The molecule has 3 nitrogen and oxygen atoms in total. The molecule has 21 heavy (non-hydrogen) atoms. The highest BCUT2D eigenvalue weighted by molar-refractivity contribution is 6.31. The topological polar surface area (TPSA) is 35.5 Å². The standard InChI is InChI=1S/C17H17ClO3/c1-3-20-17-9-13(10-19)5-7-16(17)21-11-14-6-4-12(2)8-15(14)18/h4-10H,3,11H2,1-2H3. The molecule has 0 aliphatic heterocycles. The summed E-state index contributed by atoms with van der Waals surface area (Å²) in [6, 6.07) is 10.9. The second-order valence-electron chi connectivity index (χ2n) is 4.64. The summed E-state index contributed by atoms with van der Waals surface area (Å²) in [5.74, 6) is 1.16. The molecule has 0 amide bonds. The molecule has 2 aromatic rings. The highest BCUT2D eigenvalue weighted by Crippen LogP contribution is 2.29. The molecule has 0 radical (unpaired) electrons. The van der Waals surface area contributed by atoms with E-state index in [4.69, 9.17) is 21.1 Å². The maximum absolute atomic E-state index is 10.8. The number of hydrogen-bond acceptors (Lipinski definition) is 3. The van der Waals surface area contributed by atoms with Gasteiger partial charge in [0.15, 0.2) is 11.5 Å². The van der Waals surface area contributed by atoms with E-state index in [-0.39, 0.29) is 0 Å². The summed E-state index contributed by atoms with van der Waals surface area (Å²) < 4.78 is 11.3. The molecule has 0 spiro atoms. The van der Waals surface area contributed by atoms with Crippen LogP contribution in [0.15, 0.2) is 36.4 Å². The Morgan fingerprint density at radius 3 is 2.57 bits per heavy atom. The Labute approximate surface area is 129 Å². The third kappa shape index (κ3) is 3.99. The largest absolute Gasteiger partial charge is 0.490 e. The Hall–Kier alpha value is -2.00. The monoisotopic (exact) mass is 304 g/mol. The molecule has 0 bridgehead atoms. The molecule has 0 aliphatic carbocycles. The molecule has 0 atom stereocenters. The Morgan fingerprint density at radius 2 is 1.90 bits per heavy atom. The van der Waals surface area contributed by atoms with Gasteiger partial charge >= 0.3 is 0 Å². The van der Waals surface area contributed by atoms with E-state index in [2.05, 4.69) is 0 Å². The highest BCUT2D eigenvalue weighted by atomic mass is 35.5. The van der Waals surface area contributed by atoms with Gasteiger partial charge in [-0.2, -0.15) is 0 Å². The van der Waals surface area contributed by atoms with Gasteiger partial charge in [0, 0.05) is 16.1 Å². The summed E-state index contributed by atoms with van der Waals surface area (Å²) in [5, 5.41) is 0.678. The van der Waals surface area contributed by atoms with Crippen LogP contribution in [0.1, 0.15) is 28.4 Å². The lowest BCUT2D eigenvalue weighted by molar-refractivity contribution is 0.112. The Bertz CT molecular complexity index is 638. The van der Waals surface area contributed by atoms with Gasteiger partial charge in [0.2, 0.25) is 0 Å². The maximum atomic E-state index is 10.8. The molecule has 0 heterocycles. The minimum Gasteiger partial charge on any atom is -0.490 e. The van der Waals surface area contributed by atoms with Gasteiger partial charge in [0.05, 0.1) is 6.61 Å². The van der Waals surface area contributed by atoms with Crippen LogP contribution in [0.4, 0.5) is 0 Å². The number of carbonyl (C=O) groups is 1. The van der Waals surface area contributed by atoms with Crippen LogP contribution >= 0.6 is 11.6 Å². The summed E-state index contributed by atoms with van der Waals surface area (Å²) in [6.45, 7) is 4.72. The fraction of sp³-hybridized carbons (Fsp3) is 0.235. The number of benzene rings is 2. The van der Waals surface area contributed by atoms with Crippen molar-refractivity contribution in [3.8, 4) is 11.5 Å². The van der Waals surface area contributed by atoms with E-state index >= 15 is 0 Å². The SMILES string of the molecule is CCOc1cc(C=O)ccc1OCc1ccc(C)cc1Cl. The van der Waals surface area contributed by atoms with E-state index in [1.165, 1.54) is 0 Å². The molecule has 2 rings (SSSR count). The third-order valence-corrected chi connectivity index (χ3v) is 3.35. The molecule has 0 fully saturated rings. The molecular weight excluding hydrogens is 288 g/mol. The summed E-state index contributed by atoms with van der Waals surface area (Å²) in [6.07, 6.45) is 0.781. The quantitative estimate of drug-likeness (QED) is 0.740. The van der Waals surface area contributed by atoms with Crippen molar-refractivity contribution in [2.24, 2.45) is 0 Å². The molecule has 0 aliphatic rings. The maximum Gasteiger partial charge on any atom is 0.161 e. The van der Waals surface area contributed by atoms with Crippen LogP contribution in [0.3, 0.4) is 0 Å². The van der Waals surface area contributed by atoms with Crippen LogP contribution in [-0.4, -0.2) is 12.9 Å². The zero-order valence-electron chi connectivity index (χ0n) is 12.1. The molecular formula is C17H17ClO3. The lowest BCUT2D eigenvalue weighted by Gasteiger charge is -2.13. The predicted octanol–water partition coefficient (Wildman–Crippen LogP) is 4.44. The zero-order valence-corrected chi connectivity index (χ0v) is 12.8. The van der Waals surface area contributed by atoms with E-state index in [1.54, 1.807) is 18.2 Å². The molecule has 2 aromatic carbocycles. The fourth-order valence-corrected chi connectivity index (χ4v) is 2.20.